The van der Waals surface area contributed by atoms with E-state index < -0.39 is 0 Å². The van der Waals surface area contributed by atoms with Crippen LogP contribution in [0.4, 0.5) is 0 Å². The lowest BCUT2D eigenvalue weighted by Crippen LogP contribution is -2.24. The average Bonchev–Trinajstić information content (AvgIpc) is 3.05. The van der Waals surface area contributed by atoms with Gasteiger partial charge in [0.2, 0.25) is 5.82 Å². The number of hydrogen-bond donors (Lipinski definition) is 1. The highest BCUT2D eigenvalue weighted by atomic mass is 35.5. The van der Waals surface area contributed by atoms with Gasteiger partial charge in [0.25, 0.3) is 5.91 Å². The lowest BCUT2D eigenvalue weighted by molar-refractivity contribution is -0.122. The molecule has 0 spiro atoms. The number of halogens is 1. The third-order valence-electron chi connectivity index (χ3n) is 3.40. The van der Waals surface area contributed by atoms with Gasteiger partial charge in [-0.2, -0.15) is 9.90 Å². The number of aryl methyl sites for hydroxylation is 1. The van der Waals surface area contributed by atoms with Gasteiger partial charge >= 0.3 is 0 Å². The first-order valence-electron chi connectivity index (χ1n) is 7.53. The first-order chi connectivity index (χ1) is 12.1. The minimum absolute atomic E-state index is 0.0726. The number of tetrazole rings is 1. The van der Waals surface area contributed by atoms with Gasteiger partial charge in [0.15, 0.2) is 0 Å². The van der Waals surface area contributed by atoms with Crippen molar-refractivity contribution < 1.29 is 4.79 Å². The van der Waals surface area contributed by atoms with Crippen molar-refractivity contribution in [3.8, 4) is 11.4 Å². The zero-order chi connectivity index (χ0) is 17.6. The number of hydrogen-bond acceptors (Lipinski definition) is 5. The number of aromatic nitrogens is 4. The Labute approximate surface area is 149 Å². The molecule has 3 rings (SSSR count). The summed E-state index contributed by atoms with van der Waals surface area (Å²) in [5, 5.41) is 16.6. The van der Waals surface area contributed by atoms with E-state index in [-0.39, 0.29) is 12.5 Å². The number of rotatable bonds is 5. The molecule has 3 aromatic rings. The van der Waals surface area contributed by atoms with E-state index in [1.807, 2.05) is 31.2 Å². The fourth-order valence-electron chi connectivity index (χ4n) is 2.13. The zero-order valence-electron chi connectivity index (χ0n) is 13.4. The van der Waals surface area contributed by atoms with Gasteiger partial charge < -0.3 is 0 Å². The number of nitrogens with zero attached hydrogens (tertiary/aromatic N) is 5. The van der Waals surface area contributed by atoms with Gasteiger partial charge in [-0.3, -0.25) is 4.79 Å². The van der Waals surface area contributed by atoms with Crippen LogP contribution in [0.1, 0.15) is 11.1 Å². The zero-order valence-corrected chi connectivity index (χ0v) is 14.2. The van der Waals surface area contributed by atoms with Gasteiger partial charge in [0, 0.05) is 10.6 Å². The van der Waals surface area contributed by atoms with Crippen molar-refractivity contribution in [3.05, 3.63) is 64.7 Å². The highest BCUT2D eigenvalue weighted by Gasteiger charge is 2.10. The monoisotopic (exact) mass is 354 g/mol. The van der Waals surface area contributed by atoms with Crippen molar-refractivity contribution in [2.45, 2.75) is 13.5 Å². The number of carbonyl (C=O) groups excluding carboxylic acids is 1. The molecule has 7 nitrogen and oxygen atoms in total. The third kappa shape index (κ3) is 4.48. The fourth-order valence-corrected chi connectivity index (χ4v) is 2.26. The quantitative estimate of drug-likeness (QED) is 0.563. The van der Waals surface area contributed by atoms with Crippen molar-refractivity contribution in [1.82, 2.24) is 25.6 Å². The molecule has 2 aromatic carbocycles. The van der Waals surface area contributed by atoms with Crippen LogP contribution in [0.5, 0.6) is 0 Å². The molecule has 1 heterocycles. The summed E-state index contributed by atoms with van der Waals surface area (Å²) in [6.45, 7) is 1.89. The van der Waals surface area contributed by atoms with Crippen LogP contribution in [0.3, 0.4) is 0 Å². The number of nitrogens with one attached hydrogen (secondary N) is 1. The predicted molar refractivity (Wildman–Crippen MR) is 95.2 cm³/mol. The lowest BCUT2D eigenvalue weighted by atomic mass is 10.1. The van der Waals surface area contributed by atoms with Crippen molar-refractivity contribution >= 4 is 23.7 Å². The second kappa shape index (κ2) is 7.67. The van der Waals surface area contributed by atoms with Crippen molar-refractivity contribution in [1.29, 1.82) is 0 Å². The summed E-state index contributed by atoms with van der Waals surface area (Å²) >= 11 is 5.81. The summed E-state index contributed by atoms with van der Waals surface area (Å²) in [5.74, 6) is 0.134. The molecule has 0 aliphatic heterocycles. The molecular weight excluding hydrogens is 340 g/mol. The normalized spacial score (nSPS) is 11.0. The van der Waals surface area contributed by atoms with E-state index in [4.69, 9.17) is 11.6 Å². The molecule has 0 saturated carbocycles. The fraction of sp³-hybridized carbons (Fsp3) is 0.118. The van der Waals surface area contributed by atoms with E-state index in [1.54, 1.807) is 24.3 Å². The standard InChI is InChI=1S/C17H15ClN6O/c1-12-4-2-3-5-15(12)17-21-23-24(22-17)11-16(25)20-19-10-13-6-8-14(18)9-7-13/h2-10H,11H2,1H3,(H,20,25)/b19-10-. The largest absolute Gasteiger partial charge is 0.271 e. The molecule has 25 heavy (non-hydrogen) atoms. The van der Waals surface area contributed by atoms with Gasteiger partial charge in [0.05, 0.1) is 6.21 Å². The summed E-state index contributed by atoms with van der Waals surface area (Å²) in [7, 11) is 0. The molecule has 0 unspecified atom stereocenters. The molecule has 126 valence electrons. The molecule has 0 atom stereocenters. The van der Waals surface area contributed by atoms with Gasteiger partial charge in [-0.1, -0.05) is 48.0 Å². The minimum atomic E-state index is -0.348. The lowest BCUT2D eigenvalue weighted by Gasteiger charge is -1.99. The highest BCUT2D eigenvalue weighted by Crippen LogP contribution is 2.17. The smallest absolute Gasteiger partial charge is 0.263 e. The number of amides is 1. The van der Waals surface area contributed by atoms with E-state index in [0.29, 0.717) is 10.8 Å². The number of carbonyl (C=O) groups is 1. The van der Waals surface area contributed by atoms with Crippen LogP contribution >= 0.6 is 11.6 Å². The van der Waals surface area contributed by atoms with Crippen LogP contribution in [0.2, 0.25) is 5.02 Å². The summed E-state index contributed by atoms with van der Waals surface area (Å²) in [5.41, 5.74) is 5.17. The highest BCUT2D eigenvalue weighted by molar-refractivity contribution is 6.30. The third-order valence-corrected chi connectivity index (χ3v) is 3.65. The molecule has 0 bridgehead atoms. The Morgan fingerprint density at radius 3 is 2.76 bits per heavy atom. The molecule has 0 aliphatic carbocycles. The summed E-state index contributed by atoms with van der Waals surface area (Å²) in [4.78, 5) is 13.1. The second-order valence-electron chi connectivity index (χ2n) is 5.30. The van der Waals surface area contributed by atoms with E-state index in [2.05, 4.69) is 25.9 Å². The van der Waals surface area contributed by atoms with Crippen LogP contribution in [0.15, 0.2) is 53.6 Å². The van der Waals surface area contributed by atoms with E-state index >= 15 is 0 Å². The molecule has 0 radical (unpaired) electrons. The molecule has 0 saturated heterocycles. The number of hydrazone groups is 1. The van der Waals surface area contributed by atoms with Gasteiger partial charge in [0.1, 0.15) is 6.54 Å². The van der Waals surface area contributed by atoms with Crippen LogP contribution in [0.25, 0.3) is 11.4 Å². The van der Waals surface area contributed by atoms with E-state index in [1.165, 1.54) is 11.0 Å². The van der Waals surface area contributed by atoms with Gasteiger partial charge in [-0.15, -0.1) is 10.2 Å². The van der Waals surface area contributed by atoms with Crippen molar-refractivity contribution in [2.24, 2.45) is 5.10 Å². The Balaban J connectivity index is 1.58. The topological polar surface area (TPSA) is 85.1 Å². The molecular formula is C17H15ClN6O. The Kier molecular flexibility index (Phi) is 5.15. The summed E-state index contributed by atoms with van der Waals surface area (Å²) in [6.07, 6.45) is 1.53. The van der Waals surface area contributed by atoms with Gasteiger partial charge in [-0.05, 0) is 35.4 Å². The Morgan fingerprint density at radius 2 is 2.00 bits per heavy atom. The van der Waals surface area contributed by atoms with Crippen LogP contribution in [-0.2, 0) is 11.3 Å². The summed E-state index contributed by atoms with van der Waals surface area (Å²) < 4.78 is 0. The maximum atomic E-state index is 11.9. The predicted octanol–water partition coefficient (Wildman–Crippen LogP) is 2.45. The maximum Gasteiger partial charge on any atom is 0.263 e. The molecule has 8 heteroatoms. The van der Waals surface area contributed by atoms with Crippen LogP contribution in [0, 0.1) is 6.92 Å². The first kappa shape index (κ1) is 16.8. The van der Waals surface area contributed by atoms with Crippen molar-refractivity contribution in [3.63, 3.8) is 0 Å². The SMILES string of the molecule is Cc1ccccc1-c1nnn(CC(=O)N/N=C\c2ccc(Cl)cc2)n1. The minimum Gasteiger partial charge on any atom is -0.271 e. The van der Waals surface area contributed by atoms with Gasteiger partial charge in [-0.25, -0.2) is 5.43 Å². The molecule has 1 aromatic heterocycles. The molecule has 1 N–H and O–H groups in total. The Morgan fingerprint density at radius 1 is 1.24 bits per heavy atom. The first-order valence-corrected chi connectivity index (χ1v) is 7.91. The second-order valence-corrected chi connectivity index (χ2v) is 5.74. The maximum absolute atomic E-state index is 11.9. The molecule has 0 aliphatic rings. The van der Waals surface area contributed by atoms with Crippen LogP contribution < -0.4 is 5.43 Å². The summed E-state index contributed by atoms with van der Waals surface area (Å²) in [6, 6.07) is 14.8. The van der Waals surface area contributed by atoms with E-state index in [0.717, 1.165) is 16.7 Å². The number of benzene rings is 2. The van der Waals surface area contributed by atoms with E-state index in [9.17, 15) is 4.79 Å². The van der Waals surface area contributed by atoms with Crippen LogP contribution in [-0.4, -0.2) is 32.3 Å². The van der Waals surface area contributed by atoms with Crippen molar-refractivity contribution in [2.75, 3.05) is 0 Å². The molecule has 1 amide bonds. The Bertz CT molecular complexity index is 904. The average molecular weight is 355 g/mol. The molecule has 0 fully saturated rings. The Hall–Kier alpha value is -3.06.